The van der Waals surface area contributed by atoms with Gasteiger partial charge in [-0.05, 0) is 18.4 Å². The summed E-state index contributed by atoms with van der Waals surface area (Å²) < 4.78 is 0. The van der Waals surface area contributed by atoms with Gasteiger partial charge in [-0.3, -0.25) is 4.98 Å². The lowest BCUT2D eigenvalue weighted by atomic mass is 10.1. The first-order valence-electron chi connectivity index (χ1n) is 4.53. The van der Waals surface area contributed by atoms with Gasteiger partial charge in [-0.1, -0.05) is 25.4 Å². The quantitative estimate of drug-likeness (QED) is 0.804. The Hall–Kier alpha value is -0.760. The molecule has 0 aliphatic heterocycles. The molecule has 3 heteroatoms. The van der Waals surface area contributed by atoms with E-state index in [1.165, 1.54) is 0 Å². The van der Waals surface area contributed by atoms with Crippen LogP contribution in [0.1, 0.15) is 20.3 Å². The van der Waals surface area contributed by atoms with Crippen molar-refractivity contribution in [2.24, 2.45) is 5.92 Å². The van der Waals surface area contributed by atoms with Crippen molar-refractivity contribution in [2.75, 3.05) is 11.9 Å². The number of anilines is 1. The van der Waals surface area contributed by atoms with E-state index in [4.69, 9.17) is 11.6 Å². The van der Waals surface area contributed by atoms with Crippen LogP contribution in [-0.4, -0.2) is 11.5 Å². The van der Waals surface area contributed by atoms with E-state index in [1.807, 2.05) is 6.07 Å². The van der Waals surface area contributed by atoms with Crippen molar-refractivity contribution in [3.8, 4) is 0 Å². The van der Waals surface area contributed by atoms with Crippen molar-refractivity contribution in [1.29, 1.82) is 0 Å². The number of hydrogen-bond donors (Lipinski definition) is 1. The zero-order valence-corrected chi connectivity index (χ0v) is 8.80. The topological polar surface area (TPSA) is 24.9 Å². The highest BCUT2D eigenvalue weighted by atomic mass is 35.5. The molecule has 0 saturated carbocycles. The molecule has 13 heavy (non-hydrogen) atoms. The monoisotopic (exact) mass is 198 g/mol. The molecular formula is C10H15ClN2. The molecule has 1 rings (SSSR count). The molecule has 0 radical (unpaired) electrons. The number of aromatic nitrogens is 1. The molecule has 0 aliphatic rings. The summed E-state index contributed by atoms with van der Waals surface area (Å²) >= 11 is 5.78. The largest absolute Gasteiger partial charge is 0.384 e. The van der Waals surface area contributed by atoms with E-state index in [2.05, 4.69) is 24.1 Å². The van der Waals surface area contributed by atoms with Gasteiger partial charge in [-0.2, -0.15) is 0 Å². The number of rotatable bonds is 4. The second-order valence-corrected chi connectivity index (χ2v) is 3.94. The molecule has 2 nitrogen and oxygen atoms in total. The van der Waals surface area contributed by atoms with Crippen molar-refractivity contribution in [3.63, 3.8) is 0 Å². The smallest absolute Gasteiger partial charge is 0.0609 e. The number of halogens is 1. The molecule has 0 unspecified atom stereocenters. The lowest BCUT2D eigenvalue weighted by Crippen LogP contribution is -2.04. The average Bonchev–Trinajstić information content (AvgIpc) is 2.03. The van der Waals surface area contributed by atoms with E-state index in [0.29, 0.717) is 5.02 Å². The van der Waals surface area contributed by atoms with Crippen LogP contribution in [0.4, 0.5) is 5.69 Å². The normalized spacial score (nSPS) is 10.5. The molecule has 0 saturated heterocycles. The number of nitrogens with one attached hydrogen (secondary N) is 1. The van der Waals surface area contributed by atoms with Crippen LogP contribution in [0, 0.1) is 5.92 Å². The Bertz CT molecular complexity index is 261. The van der Waals surface area contributed by atoms with E-state index in [0.717, 1.165) is 24.6 Å². The van der Waals surface area contributed by atoms with E-state index >= 15 is 0 Å². The summed E-state index contributed by atoms with van der Waals surface area (Å²) in [5, 5.41) is 3.95. The predicted octanol–water partition coefficient (Wildman–Crippen LogP) is 3.19. The van der Waals surface area contributed by atoms with E-state index in [1.54, 1.807) is 12.4 Å². The molecule has 0 atom stereocenters. The molecule has 72 valence electrons. The maximum atomic E-state index is 5.78. The fourth-order valence-electron chi connectivity index (χ4n) is 1.01. The van der Waals surface area contributed by atoms with Gasteiger partial charge in [0.25, 0.3) is 0 Å². The molecule has 0 bridgehead atoms. The van der Waals surface area contributed by atoms with Crippen LogP contribution in [-0.2, 0) is 0 Å². The Balaban J connectivity index is 2.37. The van der Waals surface area contributed by atoms with Crippen molar-refractivity contribution >= 4 is 17.3 Å². The van der Waals surface area contributed by atoms with Gasteiger partial charge in [0.05, 0.1) is 16.9 Å². The molecule has 1 heterocycles. The molecule has 1 N–H and O–H groups in total. The summed E-state index contributed by atoms with van der Waals surface area (Å²) in [6.45, 7) is 5.38. The van der Waals surface area contributed by atoms with Gasteiger partial charge in [0.15, 0.2) is 0 Å². The Labute approximate surface area is 84.3 Å². The van der Waals surface area contributed by atoms with E-state index in [9.17, 15) is 0 Å². The molecule has 0 aliphatic carbocycles. The van der Waals surface area contributed by atoms with Gasteiger partial charge in [0, 0.05) is 12.7 Å². The highest BCUT2D eigenvalue weighted by Crippen LogP contribution is 2.12. The van der Waals surface area contributed by atoms with Gasteiger partial charge in [0.1, 0.15) is 0 Å². The first-order chi connectivity index (χ1) is 6.18. The van der Waals surface area contributed by atoms with E-state index in [-0.39, 0.29) is 0 Å². The maximum absolute atomic E-state index is 5.78. The highest BCUT2D eigenvalue weighted by molar-refractivity contribution is 6.30. The number of nitrogens with zero attached hydrogens (tertiary/aromatic N) is 1. The van der Waals surface area contributed by atoms with Gasteiger partial charge >= 0.3 is 0 Å². The minimum atomic E-state index is 0.676. The summed E-state index contributed by atoms with van der Waals surface area (Å²) in [6, 6.07) is 1.88. The van der Waals surface area contributed by atoms with Gasteiger partial charge in [-0.15, -0.1) is 0 Å². The molecule has 0 aromatic carbocycles. The highest BCUT2D eigenvalue weighted by Gasteiger charge is 1.95. The first-order valence-corrected chi connectivity index (χ1v) is 4.90. The molecule has 1 aromatic rings. The maximum Gasteiger partial charge on any atom is 0.0609 e. The van der Waals surface area contributed by atoms with E-state index < -0.39 is 0 Å². The Morgan fingerprint density at radius 3 is 2.85 bits per heavy atom. The Morgan fingerprint density at radius 1 is 1.46 bits per heavy atom. The van der Waals surface area contributed by atoms with Crippen LogP contribution in [0.3, 0.4) is 0 Å². The molecule has 1 aromatic heterocycles. The third-order valence-electron chi connectivity index (χ3n) is 1.76. The Kier molecular flexibility index (Phi) is 4.03. The minimum absolute atomic E-state index is 0.676. The van der Waals surface area contributed by atoms with Crippen LogP contribution in [0.15, 0.2) is 18.5 Å². The van der Waals surface area contributed by atoms with Gasteiger partial charge in [0.2, 0.25) is 0 Å². The number of hydrogen-bond acceptors (Lipinski definition) is 2. The van der Waals surface area contributed by atoms with Gasteiger partial charge < -0.3 is 5.32 Å². The second-order valence-electron chi connectivity index (χ2n) is 3.50. The lowest BCUT2D eigenvalue weighted by Gasteiger charge is -2.07. The Morgan fingerprint density at radius 2 is 2.23 bits per heavy atom. The molecule has 0 spiro atoms. The third kappa shape index (κ3) is 4.13. The summed E-state index contributed by atoms with van der Waals surface area (Å²) in [6.07, 6.45) is 4.58. The van der Waals surface area contributed by atoms with Crippen molar-refractivity contribution in [2.45, 2.75) is 20.3 Å². The van der Waals surface area contributed by atoms with Crippen LogP contribution < -0.4 is 5.32 Å². The molecular weight excluding hydrogens is 184 g/mol. The average molecular weight is 199 g/mol. The van der Waals surface area contributed by atoms with Crippen LogP contribution in [0.5, 0.6) is 0 Å². The fraction of sp³-hybridized carbons (Fsp3) is 0.500. The first kappa shape index (κ1) is 10.3. The van der Waals surface area contributed by atoms with Crippen molar-refractivity contribution in [1.82, 2.24) is 4.98 Å². The fourth-order valence-corrected chi connectivity index (χ4v) is 1.19. The van der Waals surface area contributed by atoms with Crippen molar-refractivity contribution in [3.05, 3.63) is 23.5 Å². The van der Waals surface area contributed by atoms with Gasteiger partial charge in [-0.25, -0.2) is 0 Å². The SMILES string of the molecule is CC(C)CCNc1cncc(Cl)c1. The zero-order chi connectivity index (χ0) is 9.68. The standard InChI is InChI=1S/C10H15ClN2/c1-8(2)3-4-13-10-5-9(11)6-12-7-10/h5-8,13H,3-4H2,1-2H3. The van der Waals surface area contributed by atoms with Crippen LogP contribution in [0.2, 0.25) is 5.02 Å². The summed E-state index contributed by atoms with van der Waals surface area (Å²) in [5.41, 5.74) is 0.994. The van der Waals surface area contributed by atoms with Crippen LogP contribution in [0.25, 0.3) is 0 Å². The lowest BCUT2D eigenvalue weighted by molar-refractivity contribution is 0.607. The minimum Gasteiger partial charge on any atom is -0.384 e. The molecule has 0 amide bonds. The molecule has 0 fully saturated rings. The zero-order valence-electron chi connectivity index (χ0n) is 8.05. The summed E-state index contributed by atoms with van der Waals surface area (Å²) in [5.74, 6) is 0.722. The summed E-state index contributed by atoms with van der Waals surface area (Å²) in [7, 11) is 0. The second kappa shape index (κ2) is 5.07. The van der Waals surface area contributed by atoms with Crippen molar-refractivity contribution < 1.29 is 0 Å². The number of pyridine rings is 1. The van der Waals surface area contributed by atoms with Crippen LogP contribution >= 0.6 is 11.6 Å². The third-order valence-corrected chi connectivity index (χ3v) is 1.96. The summed E-state index contributed by atoms with van der Waals surface area (Å²) in [4.78, 5) is 3.99. The predicted molar refractivity (Wildman–Crippen MR) is 57.2 cm³/mol.